The highest BCUT2D eigenvalue weighted by molar-refractivity contribution is 5.31. The van der Waals surface area contributed by atoms with Gasteiger partial charge in [-0.1, -0.05) is 37.6 Å². The van der Waals surface area contributed by atoms with Crippen LogP contribution in [0.15, 0.2) is 24.3 Å². The lowest BCUT2D eigenvalue weighted by molar-refractivity contribution is -0.0183. The third kappa shape index (κ3) is 2.07. The van der Waals surface area contributed by atoms with Crippen molar-refractivity contribution in [3.05, 3.63) is 35.4 Å². The first kappa shape index (κ1) is 10.7. The minimum atomic E-state index is -0.566. The number of hydrogen-bond donors (Lipinski definition) is 1. The molecule has 0 saturated heterocycles. The van der Waals surface area contributed by atoms with E-state index in [0.717, 1.165) is 24.8 Å². The van der Waals surface area contributed by atoms with Crippen LogP contribution in [-0.4, -0.2) is 5.11 Å². The van der Waals surface area contributed by atoms with Crippen molar-refractivity contribution in [2.75, 3.05) is 0 Å². The normalized spacial score (nSPS) is 31.5. The van der Waals surface area contributed by atoms with Crippen LogP contribution in [0.3, 0.4) is 0 Å². The van der Waals surface area contributed by atoms with Crippen molar-refractivity contribution in [1.29, 1.82) is 0 Å². The molecule has 0 spiro atoms. The molecular formula is C14H20O. The van der Waals surface area contributed by atoms with E-state index in [0.29, 0.717) is 5.92 Å². The van der Waals surface area contributed by atoms with E-state index in [1.165, 1.54) is 12.0 Å². The van der Waals surface area contributed by atoms with E-state index in [2.05, 4.69) is 26.0 Å². The largest absolute Gasteiger partial charge is 0.385 e. The van der Waals surface area contributed by atoms with Gasteiger partial charge in [0.15, 0.2) is 0 Å². The summed E-state index contributed by atoms with van der Waals surface area (Å²) in [7, 11) is 0. The summed E-state index contributed by atoms with van der Waals surface area (Å²) >= 11 is 0. The molecule has 0 amide bonds. The van der Waals surface area contributed by atoms with Crippen molar-refractivity contribution < 1.29 is 5.11 Å². The minimum absolute atomic E-state index is 0.566. The summed E-state index contributed by atoms with van der Waals surface area (Å²) in [5.74, 6) is 0.642. The Bertz CT molecular complexity index is 345. The second kappa shape index (κ2) is 3.97. The van der Waals surface area contributed by atoms with Gasteiger partial charge in [-0.05, 0) is 43.2 Å². The molecule has 1 fully saturated rings. The average Bonchev–Trinajstić information content (AvgIpc) is 2.17. The Hall–Kier alpha value is -0.820. The van der Waals surface area contributed by atoms with Crippen LogP contribution in [0.4, 0.5) is 0 Å². The van der Waals surface area contributed by atoms with Crippen LogP contribution in [0.5, 0.6) is 0 Å². The van der Waals surface area contributed by atoms with Gasteiger partial charge in [0.25, 0.3) is 0 Å². The standard InChI is InChI=1S/C14H20O/c1-11-6-5-9-14(15,10-11)13-8-4-3-7-12(13)2/h3-4,7-8,11,15H,5-6,9-10H2,1-2H3/t11-,14+/m1/s1. The fourth-order valence-corrected chi connectivity index (χ4v) is 2.86. The van der Waals surface area contributed by atoms with Crippen LogP contribution in [0.1, 0.15) is 43.7 Å². The van der Waals surface area contributed by atoms with Gasteiger partial charge in [-0.25, -0.2) is 0 Å². The van der Waals surface area contributed by atoms with Crippen molar-refractivity contribution in [2.45, 2.75) is 45.1 Å². The molecule has 1 aromatic carbocycles. The van der Waals surface area contributed by atoms with Gasteiger partial charge < -0.3 is 5.11 Å². The van der Waals surface area contributed by atoms with Gasteiger partial charge in [0.1, 0.15) is 0 Å². The molecule has 1 heteroatoms. The second-order valence-electron chi connectivity index (χ2n) is 5.05. The molecule has 0 aliphatic heterocycles. The molecule has 1 nitrogen and oxygen atoms in total. The first-order valence-corrected chi connectivity index (χ1v) is 5.90. The van der Waals surface area contributed by atoms with Crippen LogP contribution in [0, 0.1) is 12.8 Å². The monoisotopic (exact) mass is 204 g/mol. The number of aryl methyl sites for hydroxylation is 1. The highest BCUT2D eigenvalue weighted by Gasteiger charge is 2.34. The molecule has 0 unspecified atom stereocenters. The smallest absolute Gasteiger partial charge is 0.0901 e. The van der Waals surface area contributed by atoms with E-state index < -0.39 is 5.60 Å². The van der Waals surface area contributed by atoms with Gasteiger partial charge in [-0.2, -0.15) is 0 Å². The van der Waals surface area contributed by atoms with Crippen molar-refractivity contribution in [1.82, 2.24) is 0 Å². The van der Waals surface area contributed by atoms with Gasteiger partial charge >= 0.3 is 0 Å². The molecule has 15 heavy (non-hydrogen) atoms. The van der Waals surface area contributed by atoms with Gasteiger partial charge in [0, 0.05) is 0 Å². The quantitative estimate of drug-likeness (QED) is 0.743. The zero-order valence-corrected chi connectivity index (χ0v) is 9.66. The van der Waals surface area contributed by atoms with Gasteiger partial charge in [0.2, 0.25) is 0 Å². The zero-order valence-electron chi connectivity index (χ0n) is 9.66. The van der Waals surface area contributed by atoms with Crippen LogP contribution in [0.2, 0.25) is 0 Å². The fourth-order valence-electron chi connectivity index (χ4n) is 2.86. The highest BCUT2D eigenvalue weighted by Crippen LogP contribution is 2.40. The van der Waals surface area contributed by atoms with Crippen LogP contribution in [0.25, 0.3) is 0 Å². The number of benzene rings is 1. The highest BCUT2D eigenvalue weighted by atomic mass is 16.3. The molecule has 0 aromatic heterocycles. The molecule has 1 aliphatic carbocycles. The summed E-state index contributed by atoms with van der Waals surface area (Å²) in [5, 5.41) is 10.7. The van der Waals surface area contributed by atoms with Crippen molar-refractivity contribution >= 4 is 0 Å². The van der Waals surface area contributed by atoms with E-state index in [1.807, 2.05) is 12.1 Å². The van der Waals surface area contributed by atoms with E-state index >= 15 is 0 Å². The molecule has 1 N–H and O–H groups in total. The SMILES string of the molecule is Cc1ccccc1[C@]1(O)CCC[C@@H](C)C1. The molecule has 1 aliphatic rings. The molecule has 2 rings (SSSR count). The van der Waals surface area contributed by atoms with E-state index in [1.54, 1.807) is 0 Å². The molecule has 0 bridgehead atoms. The van der Waals surface area contributed by atoms with Crippen molar-refractivity contribution in [3.63, 3.8) is 0 Å². The summed E-state index contributed by atoms with van der Waals surface area (Å²) in [6.45, 7) is 4.33. The van der Waals surface area contributed by atoms with Crippen LogP contribution < -0.4 is 0 Å². The lowest BCUT2D eigenvalue weighted by Crippen LogP contribution is -2.32. The summed E-state index contributed by atoms with van der Waals surface area (Å²) in [6.07, 6.45) is 4.24. The fraction of sp³-hybridized carbons (Fsp3) is 0.571. The van der Waals surface area contributed by atoms with Gasteiger partial charge in [-0.15, -0.1) is 0 Å². The molecule has 0 radical (unpaired) electrons. The Morgan fingerprint density at radius 1 is 1.33 bits per heavy atom. The van der Waals surface area contributed by atoms with E-state index in [-0.39, 0.29) is 0 Å². The first-order valence-electron chi connectivity index (χ1n) is 5.90. The summed E-state index contributed by atoms with van der Waals surface area (Å²) in [5.41, 5.74) is 1.79. The summed E-state index contributed by atoms with van der Waals surface area (Å²) in [4.78, 5) is 0. The molecular weight excluding hydrogens is 184 g/mol. The van der Waals surface area contributed by atoms with Crippen molar-refractivity contribution in [2.24, 2.45) is 5.92 Å². The third-order valence-corrected chi connectivity index (χ3v) is 3.62. The summed E-state index contributed by atoms with van der Waals surface area (Å²) < 4.78 is 0. The Labute approximate surface area is 92.1 Å². The molecule has 0 heterocycles. The Morgan fingerprint density at radius 2 is 2.07 bits per heavy atom. The lowest BCUT2D eigenvalue weighted by Gasteiger charge is -2.36. The Kier molecular flexibility index (Phi) is 2.83. The Balaban J connectivity index is 2.32. The number of rotatable bonds is 1. The molecule has 1 saturated carbocycles. The maximum atomic E-state index is 10.7. The number of hydrogen-bond acceptors (Lipinski definition) is 1. The lowest BCUT2D eigenvalue weighted by atomic mass is 9.74. The van der Waals surface area contributed by atoms with E-state index in [4.69, 9.17) is 0 Å². The first-order chi connectivity index (χ1) is 7.12. The third-order valence-electron chi connectivity index (χ3n) is 3.62. The van der Waals surface area contributed by atoms with Crippen molar-refractivity contribution in [3.8, 4) is 0 Å². The zero-order chi connectivity index (χ0) is 10.9. The topological polar surface area (TPSA) is 20.2 Å². The summed E-state index contributed by atoms with van der Waals surface area (Å²) in [6, 6.07) is 8.23. The number of aliphatic hydroxyl groups is 1. The predicted molar refractivity (Wildman–Crippen MR) is 62.7 cm³/mol. The minimum Gasteiger partial charge on any atom is -0.385 e. The molecule has 82 valence electrons. The second-order valence-corrected chi connectivity index (χ2v) is 5.05. The predicted octanol–water partition coefficient (Wildman–Crippen LogP) is 3.39. The maximum absolute atomic E-state index is 10.7. The van der Waals surface area contributed by atoms with Crippen LogP contribution in [-0.2, 0) is 5.60 Å². The van der Waals surface area contributed by atoms with E-state index in [9.17, 15) is 5.11 Å². The molecule has 1 aromatic rings. The maximum Gasteiger partial charge on any atom is 0.0901 e. The van der Waals surface area contributed by atoms with Crippen LogP contribution >= 0.6 is 0 Å². The van der Waals surface area contributed by atoms with Gasteiger partial charge in [0.05, 0.1) is 5.60 Å². The van der Waals surface area contributed by atoms with Gasteiger partial charge in [-0.3, -0.25) is 0 Å². The Morgan fingerprint density at radius 3 is 2.73 bits per heavy atom. The molecule has 2 atom stereocenters. The average molecular weight is 204 g/mol.